The van der Waals surface area contributed by atoms with E-state index in [1.54, 1.807) is 50.2 Å². The van der Waals surface area contributed by atoms with Gasteiger partial charge in [-0.2, -0.15) is 12.7 Å². The van der Waals surface area contributed by atoms with Crippen LogP contribution in [0.25, 0.3) is 0 Å². The van der Waals surface area contributed by atoms with Crippen molar-refractivity contribution in [3.63, 3.8) is 0 Å². The minimum absolute atomic E-state index is 0.106. The number of hydrogen-bond donors (Lipinski definition) is 0. The number of benzene rings is 2. The Balaban J connectivity index is 2.34. The van der Waals surface area contributed by atoms with Gasteiger partial charge < -0.3 is 4.18 Å². The van der Waals surface area contributed by atoms with Gasteiger partial charge in [0, 0.05) is 12.6 Å². The van der Waals surface area contributed by atoms with Crippen LogP contribution in [0.4, 0.5) is 0 Å². The van der Waals surface area contributed by atoms with Crippen LogP contribution in [0.5, 0.6) is 5.75 Å². The van der Waals surface area contributed by atoms with Gasteiger partial charge in [0.05, 0.1) is 11.2 Å². The van der Waals surface area contributed by atoms with Gasteiger partial charge in [-0.25, -0.2) is 8.42 Å². The lowest BCUT2D eigenvalue weighted by Gasteiger charge is -2.26. The van der Waals surface area contributed by atoms with Gasteiger partial charge in [0.1, 0.15) is 5.75 Å². The normalized spacial score (nSPS) is 12.5. The lowest BCUT2D eigenvalue weighted by atomic mass is 10.2. The van der Waals surface area contributed by atoms with E-state index in [2.05, 4.69) is 0 Å². The van der Waals surface area contributed by atoms with Gasteiger partial charge in [-0.1, -0.05) is 29.8 Å². The fourth-order valence-electron chi connectivity index (χ4n) is 2.44. The maximum absolute atomic E-state index is 13.0. The molecule has 0 aliphatic rings. The molecule has 0 saturated carbocycles. The number of sulfonamides is 1. The van der Waals surface area contributed by atoms with Crippen LogP contribution in [0.1, 0.15) is 25.0 Å². The fourth-order valence-corrected chi connectivity index (χ4v) is 4.52. The van der Waals surface area contributed by atoms with E-state index in [0.717, 1.165) is 11.8 Å². The molecule has 2 aromatic carbocycles. The third-order valence-electron chi connectivity index (χ3n) is 3.69. The molecular weight excluding hydrogens is 374 g/mol. The van der Waals surface area contributed by atoms with Crippen molar-refractivity contribution in [2.24, 2.45) is 0 Å². The van der Waals surface area contributed by atoms with Crippen molar-refractivity contribution in [2.75, 3.05) is 6.26 Å². The average Bonchev–Trinajstić information content (AvgIpc) is 2.51. The highest BCUT2D eigenvalue weighted by atomic mass is 32.2. The molecule has 0 atom stereocenters. The Hall–Kier alpha value is -1.90. The third kappa shape index (κ3) is 5.30. The standard InChI is InChI=1S/C18H23NO5S2/c1-14(2)19(26(22,23)18-10-8-15(3)9-11-18)13-16-6-5-7-17(12-16)24-25(4,20)21/h5-12,14H,13H2,1-4H3. The summed E-state index contributed by atoms with van der Waals surface area (Å²) in [5.41, 5.74) is 1.61. The van der Waals surface area contributed by atoms with Crippen molar-refractivity contribution in [2.45, 2.75) is 38.3 Å². The molecule has 0 spiro atoms. The highest BCUT2D eigenvalue weighted by molar-refractivity contribution is 7.89. The van der Waals surface area contributed by atoms with E-state index in [-0.39, 0.29) is 23.2 Å². The fraction of sp³-hybridized carbons (Fsp3) is 0.333. The van der Waals surface area contributed by atoms with Crippen LogP contribution >= 0.6 is 0 Å². The Labute approximate surface area is 155 Å². The Bertz CT molecular complexity index is 965. The van der Waals surface area contributed by atoms with E-state index in [1.165, 1.54) is 16.4 Å². The van der Waals surface area contributed by atoms with Crippen molar-refractivity contribution < 1.29 is 21.0 Å². The van der Waals surface area contributed by atoms with Crippen LogP contribution in [-0.4, -0.2) is 33.4 Å². The summed E-state index contributed by atoms with van der Waals surface area (Å²) >= 11 is 0. The number of rotatable bonds is 7. The molecule has 2 rings (SSSR count). The highest BCUT2D eigenvalue weighted by Gasteiger charge is 2.27. The molecule has 0 aliphatic carbocycles. The summed E-state index contributed by atoms with van der Waals surface area (Å²) in [5, 5.41) is 0. The van der Waals surface area contributed by atoms with E-state index >= 15 is 0 Å². The van der Waals surface area contributed by atoms with E-state index in [9.17, 15) is 16.8 Å². The quantitative estimate of drug-likeness (QED) is 0.671. The maximum Gasteiger partial charge on any atom is 0.306 e. The molecule has 0 fully saturated rings. The van der Waals surface area contributed by atoms with Crippen molar-refractivity contribution in [3.05, 3.63) is 59.7 Å². The molecule has 0 aromatic heterocycles. The van der Waals surface area contributed by atoms with Crippen molar-refractivity contribution in [3.8, 4) is 5.75 Å². The molecule has 0 amide bonds. The minimum Gasteiger partial charge on any atom is -0.383 e. The summed E-state index contributed by atoms with van der Waals surface area (Å²) in [4.78, 5) is 0.223. The second-order valence-corrected chi connectivity index (χ2v) is 9.86. The first-order valence-corrected chi connectivity index (χ1v) is 11.3. The minimum atomic E-state index is -3.69. The molecule has 0 bridgehead atoms. The van der Waals surface area contributed by atoms with Crippen molar-refractivity contribution in [1.29, 1.82) is 0 Å². The van der Waals surface area contributed by atoms with E-state index in [1.807, 2.05) is 6.92 Å². The molecule has 0 N–H and O–H groups in total. The van der Waals surface area contributed by atoms with Gasteiger partial charge in [0.2, 0.25) is 10.0 Å². The maximum atomic E-state index is 13.0. The van der Waals surface area contributed by atoms with Crippen LogP contribution in [0, 0.1) is 6.92 Å². The molecule has 6 nitrogen and oxygen atoms in total. The van der Waals surface area contributed by atoms with E-state index in [0.29, 0.717) is 5.56 Å². The van der Waals surface area contributed by atoms with Crippen LogP contribution in [0.15, 0.2) is 53.4 Å². The zero-order chi connectivity index (χ0) is 19.5. The summed E-state index contributed by atoms with van der Waals surface area (Å²) in [7, 11) is -7.34. The number of nitrogens with zero attached hydrogens (tertiary/aromatic N) is 1. The highest BCUT2D eigenvalue weighted by Crippen LogP contribution is 2.23. The average molecular weight is 398 g/mol. The van der Waals surface area contributed by atoms with Crippen LogP contribution < -0.4 is 4.18 Å². The largest absolute Gasteiger partial charge is 0.383 e. The summed E-state index contributed by atoms with van der Waals surface area (Å²) in [6, 6.07) is 12.8. The Kier molecular flexibility index (Phi) is 6.10. The van der Waals surface area contributed by atoms with Crippen LogP contribution in [0.3, 0.4) is 0 Å². The van der Waals surface area contributed by atoms with Crippen LogP contribution in [0.2, 0.25) is 0 Å². The molecule has 0 heterocycles. The second-order valence-electron chi connectivity index (χ2n) is 6.39. The number of hydrogen-bond acceptors (Lipinski definition) is 5. The zero-order valence-electron chi connectivity index (χ0n) is 15.2. The molecular formula is C18H23NO5S2. The first kappa shape index (κ1) is 20.4. The summed E-state index contributed by atoms with van der Waals surface area (Å²) in [5.74, 6) is 0.154. The van der Waals surface area contributed by atoms with Crippen LogP contribution in [-0.2, 0) is 26.7 Å². The SMILES string of the molecule is Cc1ccc(S(=O)(=O)N(Cc2cccc(OS(C)(=O)=O)c2)C(C)C)cc1. The van der Waals surface area contributed by atoms with Gasteiger partial charge in [-0.15, -0.1) is 0 Å². The monoisotopic (exact) mass is 397 g/mol. The molecule has 0 saturated heterocycles. The van der Waals surface area contributed by atoms with Gasteiger partial charge in [-0.3, -0.25) is 0 Å². The molecule has 0 unspecified atom stereocenters. The van der Waals surface area contributed by atoms with Gasteiger partial charge in [0.25, 0.3) is 0 Å². The topological polar surface area (TPSA) is 80.8 Å². The Morgan fingerprint density at radius 3 is 2.15 bits per heavy atom. The molecule has 2 aromatic rings. The number of aryl methyl sites for hydroxylation is 1. The Morgan fingerprint density at radius 1 is 1.00 bits per heavy atom. The first-order valence-electron chi connectivity index (χ1n) is 8.06. The molecule has 8 heteroatoms. The van der Waals surface area contributed by atoms with Crippen molar-refractivity contribution >= 4 is 20.1 Å². The summed E-state index contributed by atoms with van der Waals surface area (Å²) in [6.07, 6.45) is 0.960. The summed E-state index contributed by atoms with van der Waals surface area (Å²) in [6.45, 7) is 5.59. The van der Waals surface area contributed by atoms with Gasteiger partial charge in [0.15, 0.2) is 0 Å². The molecule has 0 radical (unpaired) electrons. The summed E-state index contributed by atoms with van der Waals surface area (Å²) < 4.78 is 54.8. The first-order chi connectivity index (χ1) is 12.0. The predicted molar refractivity (Wildman–Crippen MR) is 101 cm³/mol. The smallest absolute Gasteiger partial charge is 0.306 e. The van der Waals surface area contributed by atoms with Gasteiger partial charge in [-0.05, 0) is 50.6 Å². The Morgan fingerprint density at radius 2 is 1.62 bits per heavy atom. The van der Waals surface area contributed by atoms with E-state index in [4.69, 9.17) is 4.18 Å². The van der Waals surface area contributed by atoms with Crippen molar-refractivity contribution in [1.82, 2.24) is 4.31 Å². The zero-order valence-corrected chi connectivity index (χ0v) is 16.8. The van der Waals surface area contributed by atoms with Gasteiger partial charge >= 0.3 is 10.1 Å². The molecule has 142 valence electrons. The lowest BCUT2D eigenvalue weighted by Crippen LogP contribution is -2.36. The predicted octanol–water partition coefficient (Wildman–Crippen LogP) is 2.93. The lowest BCUT2D eigenvalue weighted by molar-refractivity contribution is 0.347. The molecule has 0 aliphatic heterocycles. The third-order valence-corrected chi connectivity index (χ3v) is 6.22. The molecule has 26 heavy (non-hydrogen) atoms. The second kappa shape index (κ2) is 7.77. The van der Waals surface area contributed by atoms with E-state index < -0.39 is 20.1 Å².